The minimum absolute atomic E-state index is 0.318. The summed E-state index contributed by atoms with van der Waals surface area (Å²) in [6.45, 7) is 11.5. The Morgan fingerprint density at radius 2 is 2.16 bits per heavy atom. The number of hydrogen-bond acceptors (Lipinski definition) is 6. The van der Waals surface area contributed by atoms with Crippen LogP contribution in [0.5, 0.6) is 0 Å². The monoisotopic (exact) mass is 285 g/mol. The summed E-state index contributed by atoms with van der Waals surface area (Å²) >= 11 is 1.67. The van der Waals surface area contributed by atoms with Crippen molar-refractivity contribution in [1.29, 1.82) is 0 Å². The molecule has 2 heterocycles. The standard InChI is InChI=1S/C8H13N3S.C5H10O2/c1-3-11(4-2-9-1)5-8-6-12-7-10-8;1-5(2,3)7-4-6/h6-7,9H,1-5H2;4H,1-3H3. The van der Waals surface area contributed by atoms with Crippen molar-refractivity contribution < 1.29 is 9.53 Å². The molecule has 1 aliphatic rings. The Kier molecular flexibility index (Phi) is 6.97. The van der Waals surface area contributed by atoms with Gasteiger partial charge in [0, 0.05) is 38.1 Å². The summed E-state index contributed by atoms with van der Waals surface area (Å²) in [7, 11) is 0. The van der Waals surface area contributed by atoms with Crippen molar-refractivity contribution in [3.8, 4) is 0 Å². The van der Waals surface area contributed by atoms with E-state index in [2.05, 4.69) is 25.3 Å². The highest BCUT2D eigenvalue weighted by Gasteiger charge is 2.10. The van der Waals surface area contributed by atoms with Gasteiger partial charge in [0.15, 0.2) is 0 Å². The van der Waals surface area contributed by atoms with Crippen LogP contribution in [0.1, 0.15) is 26.5 Å². The molecular weight excluding hydrogens is 262 g/mol. The predicted molar refractivity (Wildman–Crippen MR) is 77.2 cm³/mol. The van der Waals surface area contributed by atoms with Crippen molar-refractivity contribution in [2.24, 2.45) is 0 Å². The SMILES string of the molecule is CC(C)(C)OC=O.c1nc(CN2CCNCC2)cs1. The Morgan fingerprint density at radius 3 is 2.58 bits per heavy atom. The number of carbonyl (C=O) groups is 1. The van der Waals surface area contributed by atoms with Crippen LogP contribution in [-0.2, 0) is 16.1 Å². The molecule has 0 bridgehead atoms. The van der Waals surface area contributed by atoms with Crippen molar-refractivity contribution in [3.63, 3.8) is 0 Å². The van der Waals surface area contributed by atoms with Crippen molar-refractivity contribution in [1.82, 2.24) is 15.2 Å². The molecule has 0 atom stereocenters. The van der Waals surface area contributed by atoms with Crippen molar-refractivity contribution in [2.75, 3.05) is 26.2 Å². The van der Waals surface area contributed by atoms with E-state index in [4.69, 9.17) is 0 Å². The van der Waals surface area contributed by atoms with Gasteiger partial charge in [0.25, 0.3) is 6.47 Å². The van der Waals surface area contributed by atoms with Gasteiger partial charge in [-0.3, -0.25) is 9.69 Å². The second-order valence-corrected chi connectivity index (χ2v) is 6.05. The molecule has 0 unspecified atom stereocenters. The minimum atomic E-state index is -0.318. The van der Waals surface area contributed by atoms with E-state index < -0.39 is 0 Å². The Hall–Kier alpha value is -0.980. The maximum Gasteiger partial charge on any atom is 0.293 e. The summed E-state index contributed by atoms with van der Waals surface area (Å²) in [6.07, 6.45) is 0. The molecule has 0 radical (unpaired) electrons. The number of nitrogens with zero attached hydrogens (tertiary/aromatic N) is 2. The largest absolute Gasteiger partial charge is 0.462 e. The van der Waals surface area contributed by atoms with Gasteiger partial charge in [-0.25, -0.2) is 4.98 Å². The van der Waals surface area contributed by atoms with E-state index in [-0.39, 0.29) is 5.60 Å². The topological polar surface area (TPSA) is 54.5 Å². The normalized spacial score (nSPS) is 16.4. The van der Waals surface area contributed by atoms with E-state index in [0.717, 1.165) is 32.7 Å². The molecule has 0 saturated carbocycles. The van der Waals surface area contributed by atoms with Gasteiger partial charge in [0.2, 0.25) is 0 Å². The van der Waals surface area contributed by atoms with E-state index in [0.29, 0.717) is 6.47 Å². The number of aromatic nitrogens is 1. The first-order chi connectivity index (χ1) is 9.01. The summed E-state index contributed by atoms with van der Waals surface area (Å²) in [4.78, 5) is 16.3. The number of hydrogen-bond donors (Lipinski definition) is 1. The lowest BCUT2D eigenvalue weighted by Crippen LogP contribution is -2.42. The lowest BCUT2D eigenvalue weighted by atomic mass is 10.2. The molecule has 6 heteroatoms. The van der Waals surface area contributed by atoms with E-state index in [1.807, 2.05) is 26.3 Å². The van der Waals surface area contributed by atoms with Crippen LogP contribution >= 0.6 is 11.3 Å². The number of thiazole rings is 1. The Labute approximate surface area is 119 Å². The van der Waals surface area contributed by atoms with E-state index in [1.165, 1.54) is 5.69 Å². The van der Waals surface area contributed by atoms with Gasteiger partial charge in [-0.05, 0) is 20.8 Å². The molecule has 1 aliphatic heterocycles. The van der Waals surface area contributed by atoms with Crippen molar-refractivity contribution in [2.45, 2.75) is 32.9 Å². The Bertz CT molecular complexity index is 343. The summed E-state index contributed by atoms with van der Waals surface area (Å²) in [5.41, 5.74) is 2.79. The van der Waals surface area contributed by atoms with Crippen molar-refractivity contribution in [3.05, 3.63) is 16.6 Å². The third kappa shape index (κ3) is 7.92. The van der Waals surface area contributed by atoms with Gasteiger partial charge in [0.1, 0.15) is 5.60 Å². The van der Waals surface area contributed by atoms with Crippen LogP contribution in [0, 0.1) is 0 Å². The van der Waals surface area contributed by atoms with Gasteiger partial charge in [-0.1, -0.05) is 0 Å². The summed E-state index contributed by atoms with van der Waals surface area (Å²) < 4.78 is 4.55. The zero-order chi connectivity index (χ0) is 14.1. The lowest BCUT2D eigenvalue weighted by Gasteiger charge is -2.26. The first kappa shape index (κ1) is 16.1. The first-order valence-electron chi connectivity index (χ1n) is 6.43. The molecule has 2 rings (SSSR count). The number of nitrogens with one attached hydrogen (secondary N) is 1. The molecule has 1 aromatic rings. The highest BCUT2D eigenvalue weighted by Crippen LogP contribution is 2.05. The molecule has 0 amide bonds. The van der Waals surface area contributed by atoms with Gasteiger partial charge in [0.05, 0.1) is 11.2 Å². The first-order valence-corrected chi connectivity index (χ1v) is 7.37. The molecule has 0 aliphatic carbocycles. The van der Waals surface area contributed by atoms with Crippen LogP contribution in [0.2, 0.25) is 0 Å². The van der Waals surface area contributed by atoms with Gasteiger partial charge >= 0.3 is 0 Å². The molecule has 1 aromatic heterocycles. The zero-order valence-corrected chi connectivity index (χ0v) is 12.7. The molecule has 0 aromatic carbocycles. The fourth-order valence-corrected chi connectivity index (χ4v) is 2.11. The van der Waals surface area contributed by atoms with Crippen LogP contribution in [0.25, 0.3) is 0 Å². The molecular formula is C13H23N3O2S. The van der Waals surface area contributed by atoms with E-state index in [9.17, 15) is 4.79 Å². The fourth-order valence-electron chi connectivity index (χ4n) is 1.56. The minimum Gasteiger partial charge on any atom is -0.462 e. The van der Waals surface area contributed by atoms with Crippen LogP contribution in [-0.4, -0.2) is 48.1 Å². The molecule has 108 valence electrons. The summed E-state index contributed by atoms with van der Waals surface area (Å²) in [6, 6.07) is 0. The van der Waals surface area contributed by atoms with Gasteiger partial charge in [-0.2, -0.15) is 0 Å². The maximum absolute atomic E-state index is 9.60. The van der Waals surface area contributed by atoms with Crippen LogP contribution in [0.3, 0.4) is 0 Å². The quantitative estimate of drug-likeness (QED) is 0.853. The highest BCUT2D eigenvalue weighted by molar-refractivity contribution is 7.07. The third-order valence-corrected chi connectivity index (χ3v) is 3.12. The molecule has 5 nitrogen and oxygen atoms in total. The Morgan fingerprint density at radius 1 is 1.47 bits per heavy atom. The summed E-state index contributed by atoms with van der Waals surface area (Å²) in [5, 5.41) is 5.46. The number of piperazine rings is 1. The van der Waals surface area contributed by atoms with Crippen LogP contribution in [0.4, 0.5) is 0 Å². The fraction of sp³-hybridized carbons (Fsp3) is 0.692. The smallest absolute Gasteiger partial charge is 0.293 e. The second-order valence-electron chi connectivity index (χ2n) is 5.33. The maximum atomic E-state index is 9.60. The average molecular weight is 285 g/mol. The molecule has 0 spiro atoms. The average Bonchev–Trinajstić information content (AvgIpc) is 2.82. The molecule has 1 saturated heterocycles. The Balaban J connectivity index is 0.000000224. The van der Waals surface area contributed by atoms with Crippen LogP contribution < -0.4 is 5.32 Å². The van der Waals surface area contributed by atoms with Crippen LogP contribution in [0.15, 0.2) is 10.9 Å². The van der Waals surface area contributed by atoms with E-state index >= 15 is 0 Å². The van der Waals surface area contributed by atoms with Crippen molar-refractivity contribution >= 4 is 17.8 Å². The predicted octanol–water partition coefficient (Wildman–Crippen LogP) is 1.51. The third-order valence-electron chi connectivity index (χ3n) is 2.48. The highest BCUT2D eigenvalue weighted by atomic mass is 32.1. The summed E-state index contributed by atoms with van der Waals surface area (Å²) in [5.74, 6) is 0. The van der Waals surface area contributed by atoms with Gasteiger partial charge < -0.3 is 10.1 Å². The molecule has 1 N–H and O–H groups in total. The second kappa shape index (κ2) is 8.24. The van der Waals surface area contributed by atoms with E-state index in [1.54, 1.807) is 11.3 Å². The number of rotatable bonds is 3. The number of ether oxygens (including phenoxy) is 1. The molecule has 1 fully saturated rings. The van der Waals surface area contributed by atoms with Gasteiger partial charge in [-0.15, -0.1) is 11.3 Å². The lowest BCUT2D eigenvalue weighted by molar-refractivity contribution is -0.138. The molecule has 19 heavy (non-hydrogen) atoms. The number of carbonyl (C=O) groups excluding carboxylic acids is 1. The zero-order valence-electron chi connectivity index (χ0n) is 11.9.